The molecule has 0 atom stereocenters. The molecule has 0 radical (unpaired) electrons. The molecule has 0 saturated heterocycles. The number of hydrazine groups is 1. The number of rotatable bonds is 7. The van der Waals surface area contributed by atoms with Crippen LogP contribution < -0.4 is 16.6 Å². The minimum atomic E-state index is 0.237. The minimum absolute atomic E-state index is 0.237. The van der Waals surface area contributed by atoms with E-state index in [0.717, 1.165) is 29.7 Å². The van der Waals surface area contributed by atoms with Crippen molar-refractivity contribution < 1.29 is 0 Å². The first-order valence-electron chi connectivity index (χ1n) is 5.88. The standard InChI is InChI=1S/C11H20BrN5S/c1-4-11(5-2,18-3)6-14-9-8(12)10(17-13)16-7-15-9/h7H,4-6,13H2,1-3H3,(H2,14,15,16,17). The molecule has 0 spiro atoms. The van der Waals surface area contributed by atoms with Crippen LogP contribution in [0.3, 0.4) is 0 Å². The Bertz CT molecular complexity index is 375. The van der Waals surface area contributed by atoms with E-state index in [2.05, 4.69) is 56.7 Å². The molecule has 102 valence electrons. The van der Waals surface area contributed by atoms with Crippen molar-refractivity contribution in [3.05, 3.63) is 10.8 Å². The number of hydrogen-bond acceptors (Lipinski definition) is 6. The fraction of sp³-hybridized carbons (Fsp3) is 0.636. The van der Waals surface area contributed by atoms with Gasteiger partial charge in [-0.25, -0.2) is 15.8 Å². The van der Waals surface area contributed by atoms with E-state index in [9.17, 15) is 0 Å². The molecule has 0 fully saturated rings. The lowest BCUT2D eigenvalue weighted by atomic mass is 10.0. The van der Waals surface area contributed by atoms with E-state index in [0.29, 0.717) is 5.82 Å². The lowest BCUT2D eigenvalue weighted by Crippen LogP contribution is -2.32. The maximum absolute atomic E-state index is 5.38. The summed E-state index contributed by atoms with van der Waals surface area (Å²) < 4.78 is 0.996. The zero-order valence-electron chi connectivity index (χ0n) is 11.0. The Morgan fingerprint density at radius 1 is 1.33 bits per heavy atom. The van der Waals surface area contributed by atoms with Gasteiger partial charge in [0.2, 0.25) is 0 Å². The van der Waals surface area contributed by atoms with Gasteiger partial charge in [-0.15, -0.1) is 0 Å². The van der Waals surface area contributed by atoms with Crippen molar-refractivity contribution in [2.24, 2.45) is 5.84 Å². The molecule has 7 heteroatoms. The number of anilines is 2. The van der Waals surface area contributed by atoms with Crippen LogP contribution in [-0.4, -0.2) is 27.5 Å². The Hall–Kier alpha value is -0.530. The normalized spacial score (nSPS) is 11.4. The minimum Gasteiger partial charge on any atom is -0.368 e. The van der Waals surface area contributed by atoms with Gasteiger partial charge < -0.3 is 10.7 Å². The van der Waals surface area contributed by atoms with Crippen LogP contribution in [-0.2, 0) is 0 Å². The van der Waals surface area contributed by atoms with Gasteiger partial charge in [-0.05, 0) is 35.0 Å². The maximum Gasteiger partial charge on any atom is 0.159 e. The average molecular weight is 334 g/mol. The predicted molar refractivity (Wildman–Crippen MR) is 82.9 cm³/mol. The second-order valence-electron chi connectivity index (χ2n) is 3.98. The van der Waals surface area contributed by atoms with Crippen LogP contribution in [0.2, 0.25) is 0 Å². The van der Waals surface area contributed by atoms with Crippen LogP contribution in [0.15, 0.2) is 10.8 Å². The van der Waals surface area contributed by atoms with Gasteiger partial charge in [0.25, 0.3) is 0 Å². The van der Waals surface area contributed by atoms with Crippen molar-refractivity contribution in [1.29, 1.82) is 0 Å². The molecule has 18 heavy (non-hydrogen) atoms. The molecule has 1 aromatic rings. The first-order valence-corrected chi connectivity index (χ1v) is 7.90. The predicted octanol–water partition coefficient (Wildman–Crippen LogP) is 2.86. The molecule has 4 N–H and O–H groups in total. The van der Waals surface area contributed by atoms with Gasteiger partial charge in [-0.1, -0.05) is 13.8 Å². The van der Waals surface area contributed by atoms with E-state index in [1.54, 1.807) is 0 Å². The lowest BCUT2D eigenvalue weighted by molar-refractivity contribution is 0.573. The Balaban J connectivity index is 2.79. The topological polar surface area (TPSA) is 75.9 Å². The molecule has 0 bridgehead atoms. The molecule has 1 rings (SSSR count). The fourth-order valence-electron chi connectivity index (χ4n) is 1.70. The van der Waals surface area contributed by atoms with E-state index < -0.39 is 0 Å². The van der Waals surface area contributed by atoms with Crippen molar-refractivity contribution >= 4 is 39.3 Å². The average Bonchev–Trinajstić information content (AvgIpc) is 2.42. The summed E-state index contributed by atoms with van der Waals surface area (Å²) in [4.78, 5) is 8.24. The summed E-state index contributed by atoms with van der Waals surface area (Å²) in [7, 11) is 0. The third kappa shape index (κ3) is 3.49. The van der Waals surface area contributed by atoms with E-state index in [1.807, 2.05) is 11.8 Å². The monoisotopic (exact) mass is 333 g/mol. The third-order valence-corrected chi connectivity index (χ3v) is 5.56. The van der Waals surface area contributed by atoms with Crippen LogP contribution in [0.1, 0.15) is 26.7 Å². The molecule has 0 aromatic carbocycles. The summed E-state index contributed by atoms with van der Waals surface area (Å²) in [5.41, 5.74) is 2.53. The van der Waals surface area contributed by atoms with Gasteiger partial charge in [0.15, 0.2) is 5.82 Å². The van der Waals surface area contributed by atoms with Gasteiger partial charge in [-0.3, -0.25) is 0 Å². The summed E-state index contributed by atoms with van der Waals surface area (Å²) in [6, 6.07) is 0. The third-order valence-electron chi connectivity index (χ3n) is 3.23. The first-order chi connectivity index (χ1) is 8.62. The molecule has 1 heterocycles. The quantitative estimate of drug-likeness (QED) is 0.526. The van der Waals surface area contributed by atoms with Gasteiger partial charge >= 0.3 is 0 Å². The molecule has 0 amide bonds. The molecular weight excluding hydrogens is 314 g/mol. The number of nitrogens with one attached hydrogen (secondary N) is 2. The first kappa shape index (κ1) is 15.5. The van der Waals surface area contributed by atoms with Crippen molar-refractivity contribution in [3.8, 4) is 0 Å². The Kier molecular flexibility index (Phi) is 6.17. The van der Waals surface area contributed by atoms with Crippen molar-refractivity contribution in [3.63, 3.8) is 0 Å². The smallest absolute Gasteiger partial charge is 0.159 e. The molecule has 0 saturated carbocycles. The van der Waals surface area contributed by atoms with Crippen molar-refractivity contribution in [2.45, 2.75) is 31.4 Å². The molecule has 0 aliphatic carbocycles. The number of aromatic nitrogens is 2. The Morgan fingerprint density at radius 3 is 2.44 bits per heavy atom. The summed E-state index contributed by atoms with van der Waals surface area (Å²) in [6.07, 6.45) is 5.86. The summed E-state index contributed by atoms with van der Waals surface area (Å²) >= 11 is 5.33. The summed E-state index contributed by atoms with van der Waals surface area (Å²) in [5.74, 6) is 6.72. The zero-order chi connectivity index (χ0) is 13.6. The highest BCUT2D eigenvalue weighted by molar-refractivity contribution is 9.10. The fourth-order valence-corrected chi connectivity index (χ4v) is 2.95. The number of hydrogen-bond donors (Lipinski definition) is 3. The van der Waals surface area contributed by atoms with E-state index in [-0.39, 0.29) is 4.75 Å². The van der Waals surface area contributed by atoms with Gasteiger partial charge in [0.1, 0.15) is 16.6 Å². The molecular formula is C11H20BrN5S. The Morgan fingerprint density at radius 2 is 1.94 bits per heavy atom. The van der Waals surface area contributed by atoms with Gasteiger partial charge in [0.05, 0.1) is 0 Å². The maximum atomic E-state index is 5.38. The van der Waals surface area contributed by atoms with Crippen LogP contribution in [0.5, 0.6) is 0 Å². The summed E-state index contributed by atoms with van der Waals surface area (Å²) in [5, 5.41) is 3.37. The second-order valence-corrected chi connectivity index (χ2v) is 6.04. The van der Waals surface area contributed by atoms with Crippen LogP contribution in [0.25, 0.3) is 0 Å². The number of halogens is 1. The van der Waals surface area contributed by atoms with Gasteiger partial charge in [0, 0.05) is 11.3 Å². The van der Waals surface area contributed by atoms with E-state index >= 15 is 0 Å². The largest absolute Gasteiger partial charge is 0.368 e. The van der Waals surface area contributed by atoms with Gasteiger partial charge in [-0.2, -0.15) is 11.8 Å². The SMILES string of the molecule is CCC(CC)(CNc1ncnc(NN)c1Br)SC. The van der Waals surface area contributed by atoms with Crippen molar-refractivity contribution in [1.82, 2.24) is 9.97 Å². The molecule has 0 aliphatic rings. The van der Waals surface area contributed by atoms with Crippen LogP contribution in [0, 0.1) is 0 Å². The molecule has 0 aliphatic heterocycles. The molecule has 0 unspecified atom stereocenters. The number of thioether (sulfide) groups is 1. The van der Waals surface area contributed by atoms with Crippen LogP contribution >= 0.6 is 27.7 Å². The number of nitrogens with two attached hydrogens (primary N) is 1. The lowest BCUT2D eigenvalue weighted by Gasteiger charge is -2.30. The number of nitrogens with zero attached hydrogens (tertiary/aromatic N) is 2. The number of nitrogen functional groups attached to an aromatic ring is 1. The summed E-state index contributed by atoms with van der Waals surface area (Å²) in [6.45, 7) is 5.29. The molecule has 1 aromatic heterocycles. The van der Waals surface area contributed by atoms with E-state index in [1.165, 1.54) is 6.33 Å². The highest BCUT2D eigenvalue weighted by Crippen LogP contribution is 2.32. The zero-order valence-corrected chi connectivity index (χ0v) is 13.4. The molecule has 5 nitrogen and oxygen atoms in total. The van der Waals surface area contributed by atoms with Crippen LogP contribution in [0.4, 0.5) is 11.6 Å². The van der Waals surface area contributed by atoms with Crippen molar-refractivity contribution in [2.75, 3.05) is 23.5 Å². The highest BCUT2D eigenvalue weighted by atomic mass is 79.9. The Labute approximate surface area is 121 Å². The second kappa shape index (κ2) is 7.16. The highest BCUT2D eigenvalue weighted by Gasteiger charge is 2.25. The van der Waals surface area contributed by atoms with E-state index in [4.69, 9.17) is 5.84 Å².